The monoisotopic (exact) mass is 593 g/mol. The van der Waals surface area contributed by atoms with Gasteiger partial charge in [-0.15, -0.1) is 0 Å². The topological polar surface area (TPSA) is 133 Å². The number of hydrogen-bond acceptors (Lipinski definition) is 6. The van der Waals surface area contributed by atoms with E-state index in [1.807, 2.05) is 99.6 Å². The van der Waals surface area contributed by atoms with Crippen LogP contribution in [0, 0.1) is 21.7 Å². The number of benzene rings is 1. The SMILES string of the molecule is C=CCOC(=O)C(C)(C)CC.CCC(C)(C)C(=O)O.CCC(C)(C)C(=O)OCc1ccccc1.CCC(C)(C)C(N)=O. The maximum atomic E-state index is 11.6. The van der Waals surface area contributed by atoms with Crippen molar-refractivity contribution in [2.24, 2.45) is 27.4 Å². The molecule has 8 nitrogen and oxygen atoms in total. The van der Waals surface area contributed by atoms with Gasteiger partial charge in [-0.25, -0.2) is 0 Å². The van der Waals surface area contributed by atoms with Crippen LogP contribution < -0.4 is 5.73 Å². The minimum Gasteiger partial charge on any atom is -0.481 e. The Labute approximate surface area is 255 Å². The van der Waals surface area contributed by atoms with Crippen LogP contribution in [-0.2, 0) is 35.3 Å². The Balaban J connectivity index is -0.000000503. The fourth-order valence-electron chi connectivity index (χ4n) is 1.86. The molecule has 0 fully saturated rings. The number of amides is 1. The highest BCUT2D eigenvalue weighted by Gasteiger charge is 2.27. The molecule has 3 N–H and O–H groups in total. The number of aliphatic carboxylic acids is 1. The lowest BCUT2D eigenvalue weighted by Gasteiger charge is -2.20. The molecule has 0 radical (unpaired) electrons. The Morgan fingerprint density at radius 3 is 1.36 bits per heavy atom. The van der Waals surface area contributed by atoms with Gasteiger partial charge in [-0.2, -0.15) is 0 Å². The number of primary amides is 1. The minimum absolute atomic E-state index is 0.131. The molecule has 242 valence electrons. The van der Waals surface area contributed by atoms with Crippen molar-refractivity contribution in [1.29, 1.82) is 0 Å². The number of hydrogen-bond donors (Lipinski definition) is 2. The fourth-order valence-corrected chi connectivity index (χ4v) is 1.86. The zero-order chi connectivity index (χ0) is 33.8. The molecule has 1 amide bonds. The van der Waals surface area contributed by atoms with Crippen LogP contribution in [0.2, 0.25) is 0 Å². The first-order chi connectivity index (χ1) is 19.1. The number of rotatable bonds is 12. The molecule has 0 saturated carbocycles. The summed E-state index contributed by atoms with van der Waals surface area (Å²) in [6.07, 6.45) is 4.65. The molecule has 1 aromatic carbocycles. The number of carboxylic acids is 1. The van der Waals surface area contributed by atoms with Gasteiger partial charge in [-0.05, 0) is 72.8 Å². The van der Waals surface area contributed by atoms with Crippen LogP contribution in [0.25, 0.3) is 0 Å². The average Bonchev–Trinajstić information content (AvgIpc) is 2.95. The van der Waals surface area contributed by atoms with Crippen LogP contribution in [0.3, 0.4) is 0 Å². The summed E-state index contributed by atoms with van der Waals surface area (Å²) in [7, 11) is 0. The third kappa shape index (κ3) is 19.1. The number of carbonyl (C=O) groups excluding carboxylic acids is 3. The first-order valence-corrected chi connectivity index (χ1v) is 14.6. The Kier molecular flexibility index (Phi) is 21.3. The maximum absolute atomic E-state index is 11.6. The highest BCUT2D eigenvalue weighted by Crippen LogP contribution is 2.23. The molecular weight excluding hydrogens is 534 g/mol. The normalized spacial score (nSPS) is 11.1. The third-order valence-corrected chi connectivity index (χ3v) is 7.43. The Morgan fingerprint density at radius 1 is 0.714 bits per heavy atom. The number of ether oxygens (including phenoxy) is 2. The van der Waals surface area contributed by atoms with Crippen molar-refractivity contribution in [2.75, 3.05) is 6.61 Å². The summed E-state index contributed by atoms with van der Waals surface area (Å²) < 4.78 is 10.1. The van der Waals surface area contributed by atoms with E-state index in [0.717, 1.165) is 24.8 Å². The smallest absolute Gasteiger partial charge is 0.311 e. The molecule has 0 bridgehead atoms. The van der Waals surface area contributed by atoms with Gasteiger partial charge < -0.3 is 20.3 Å². The van der Waals surface area contributed by atoms with Gasteiger partial charge in [0.2, 0.25) is 5.91 Å². The Morgan fingerprint density at radius 2 is 1.10 bits per heavy atom. The maximum Gasteiger partial charge on any atom is 0.311 e. The van der Waals surface area contributed by atoms with E-state index in [4.69, 9.17) is 20.3 Å². The lowest BCUT2D eigenvalue weighted by molar-refractivity contribution is -0.155. The van der Waals surface area contributed by atoms with Crippen molar-refractivity contribution < 1.29 is 33.8 Å². The highest BCUT2D eigenvalue weighted by atomic mass is 16.5. The number of carboxylic acid groups (broad SMARTS) is 1. The molecule has 0 atom stereocenters. The van der Waals surface area contributed by atoms with Crippen LogP contribution >= 0.6 is 0 Å². The predicted molar refractivity (Wildman–Crippen MR) is 171 cm³/mol. The van der Waals surface area contributed by atoms with E-state index < -0.39 is 11.4 Å². The van der Waals surface area contributed by atoms with E-state index in [1.165, 1.54) is 0 Å². The summed E-state index contributed by atoms with van der Waals surface area (Å²) in [5, 5.41) is 8.44. The summed E-state index contributed by atoms with van der Waals surface area (Å²) in [6.45, 7) is 26.6. The second-order valence-corrected chi connectivity index (χ2v) is 12.6. The molecule has 0 unspecified atom stereocenters. The summed E-state index contributed by atoms with van der Waals surface area (Å²) in [5.41, 5.74) is 4.47. The summed E-state index contributed by atoms with van der Waals surface area (Å²) in [4.78, 5) is 43.6. The molecule has 0 aromatic heterocycles. The zero-order valence-corrected chi connectivity index (χ0v) is 28.4. The molecule has 1 rings (SSSR count). The van der Waals surface area contributed by atoms with Crippen molar-refractivity contribution in [3.05, 3.63) is 48.6 Å². The van der Waals surface area contributed by atoms with Gasteiger partial charge in [0, 0.05) is 5.41 Å². The molecule has 8 heteroatoms. The van der Waals surface area contributed by atoms with E-state index in [2.05, 4.69) is 6.58 Å². The van der Waals surface area contributed by atoms with Crippen LogP contribution in [0.4, 0.5) is 0 Å². The zero-order valence-electron chi connectivity index (χ0n) is 28.4. The molecule has 42 heavy (non-hydrogen) atoms. The minimum atomic E-state index is -0.722. The third-order valence-electron chi connectivity index (χ3n) is 7.43. The van der Waals surface area contributed by atoms with E-state index in [1.54, 1.807) is 19.9 Å². The molecule has 0 saturated heterocycles. The quantitative estimate of drug-likeness (QED) is 0.187. The predicted octanol–water partition coefficient (Wildman–Crippen LogP) is 7.73. The van der Waals surface area contributed by atoms with Crippen molar-refractivity contribution in [2.45, 2.75) is 115 Å². The van der Waals surface area contributed by atoms with Crippen LogP contribution in [-0.4, -0.2) is 35.5 Å². The average molecular weight is 594 g/mol. The molecule has 0 spiro atoms. The molecule has 1 aromatic rings. The van der Waals surface area contributed by atoms with E-state index >= 15 is 0 Å². The number of nitrogens with two attached hydrogens (primary N) is 1. The number of esters is 2. The van der Waals surface area contributed by atoms with Crippen molar-refractivity contribution >= 4 is 23.8 Å². The molecule has 0 heterocycles. The van der Waals surface area contributed by atoms with Crippen LogP contribution in [0.5, 0.6) is 0 Å². The highest BCUT2D eigenvalue weighted by molar-refractivity contribution is 5.79. The van der Waals surface area contributed by atoms with Gasteiger partial charge >= 0.3 is 17.9 Å². The lowest BCUT2D eigenvalue weighted by atomic mass is 9.90. The second-order valence-electron chi connectivity index (χ2n) is 12.6. The molecule has 0 aliphatic heterocycles. The van der Waals surface area contributed by atoms with E-state index in [0.29, 0.717) is 19.6 Å². The first-order valence-electron chi connectivity index (χ1n) is 14.6. The summed E-state index contributed by atoms with van der Waals surface area (Å²) >= 11 is 0. The van der Waals surface area contributed by atoms with Crippen molar-refractivity contribution in [3.63, 3.8) is 0 Å². The summed E-state index contributed by atoms with van der Waals surface area (Å²) in [6, 6.07) is 9.72. The van der Waals surface area contributed by atoms with Crippen LogP contribution in [0.1, 0.15) is 114 Å². The van der Waals surface area contributed by atoms with E-state index in [9.17, 15) is 19.2 Å². The number of carbonyl (C=O) groups is 4. The van der Waals surface area contributed by atoms with Gasteiger partial charge in [-0.3, -0.25) is 19.2 Å². The largest absolute Gasteiger partial charge is 0.481 e. The second kappa shape index (κ2) is 20.7. The first kappa shape index (κ1) is 43.3. The van der Waals surface area contributed by atoms with Gasteiger partial charge in [0.1, 0.15) is 13.2 Å². The standard InChI is InChI=1S/C13H18O2.C9H16O2.C6H13NO.C6H12O2/c1-4-13(2,3)12(14)15-10-11-8-6-5-7-9-11;1-5-7-11-8(10)9(3,4)6-2;2*1-4-6(2,3)5(7)8/h5-9H,4,10H2,1-3H3;5H,1,6-7H2,2-4H3;4H2,1-3H3,(H2,7,8);4H2,1-3H3,(H,7,8). The van der Waals surface area contributed by atoms with Gasteiger partial charge in [-0.1, -0.05) is 84.5 Å². The Bertz CT molecular complexity index is 922. The Hall–Kier alpha value is -3.16. The summed E-state index contributed by atoms with van der Waals surface area (Å²) in [5.74, 6) is -1.23. The van der Waals surface area contributed by atoms with Gasteiger partial charge in [0.05, 0.1) is 16.2 Å². The van der Waals surface area contributed by atoms with Crippen molar-refractivity contribution in [3.8, 4) is 0 Å². The molecular formula is C34H59NO7. The molecule has 0 aliphatic rings. The van der Waals surface area contributed by atoms with Crippen molar-refractivity contribution in [1.82, 2.24) is 0 Å². The fraction of sp³-hybridized carbons (Fsp3) is 0.647. The van der Waals surface area contributed by atoms with Crippen LogP contribution in [0.15, 0.2) is 43.0 Å². The lowest BCUT2D eigenvalue weighted by Crippen LogP contribution is -2.30. The van der Waals surface area contributed by atoms with Gasteiger partial charge in [0.15, 0.2) is 0 Å². The molecule has 0 aliphatic carbocycles. The van der Waals surface area contributed by atoms with E-state index in [-0.39, 0.29) is 34.1 Å². The van der Waals surface area contributed by atoms with Gasteiger partial charge in [0.25, 0.3) is 0 Å².